The summed E-state index contributed by atoms with van der Waals surface area (Å²) in [4.78, 5) is 4.31. The lowest BCUT2D eigenvalue weighted by Gasteiger charge is -2.28. The van der Waals surface area contributed by atoms with Crippen molar-refractivity contribution in [2.24, 2.45) is 0 Å². The van der Waals surface area contributed by atoms with Gasteiger partial charge in [-0.1, -0.05) is 12.5 Å². The normalized spacial score (nSPS) is 24.1. The molecular formula is C15H17NO2. The summed E-state index contributed by atoms with van der Waals surface area (Å²) in [6.07, 6.45) is 5.35. The molecule has 3 heteroatoms. The first-order valence-corrected chi connectivity index (χ1v) is 6.53. The van der Waals surface area contributed by atoms with Crippen molar-refractivity contribution >= 4 is 10.9 Å². The minimum atomic E-state index is -0.342. The topological polar surface area (TPSA) is 42.4 Å². The summed E-state index contributed by atoms with van der Waals surface area (Å²) in [6.45, 7) is 0. The van der Waals surface area contributed by atoms with Gasteiger partial charge in [0.2, 0.25) is 0 Å². The van der Waals surface area contributed by atoms with Crippen molar-refractivity contribution in [3.05, 3.63) is 36.5 Å². The van der Waals surface area contributed by atoms with Crippen LogP contribution in [0.4, 0.5) is 0 Å². The van der Waals surface area contributed by atoms with Gasteiger partial charge >= 0.3 is 0 Å². The zero-order valence-corrected chi connectivity index (χ0v) is 10.2. The van der Waals surface area contributed by atoms with Crippen molar-refractivity contribution < 1.29 is 9.84 Å². The molecule has 1 aromatic heterocycles. The molecule has 1 aromatic carbocycles. The minimum Gasteiger partial charge on any atom is -0.487 e. The molecule has 0 spiro atoms. The van der Waals surface area contributed by atoms with Crippen molar-refractivity contribution in [3.63, 3.8) is 0 Å². The number of aromatic nitrogens is 1. The number of fused-ring (bicyclic) bond motifs is 1. The smallest absolute Gasteiger partial charge is 0.129 e. The van der Waals surface area contributed by atoms with E-state index in [2.05, 4.69) is 4.98 Å². The van der Waals surface area contributed by atoms with Gasteiger partial charge in [0.25, 0.3) is 0 Å². The first-order chi connectivity index (χ1) is 8.84. The molecule has 1 aliphatic rings. The van der Waals surface area contributed by atoms with Gasteiger partial charge < -0.3 is 9.84 Å². The second kappa shape index (κ2) is 4.94. The fourth-order valence-electron chi connectivity index (χ4n) is 2.56. The number of rotatable bonds is 2. The van der Waals surface area contributed by atoms with Crippen LogP contribution in [-0.2, 0) is 0 Å². The summed E-state index contributed by atoms with van der Waals surface area (Å²) < 4.78 is 5.99. The molecule has 1 N–H and O–H groups in total. The molecule has 0 saturated heterocycles. The van der Waals surface area contributed by atoms with Crippen LogP contribution in [0.15, 0.2) is 36.5 Å². The van der Waals surface area contributed by atoms with Crippen LogP contribution in [0, 0.1) is 0 Å². The molecule has 0 amide bonds. The van der Waals surface area contributed by atoms with E-state index in [1.165, 1.54) is 0 Å². The van der Waals surface area contributed by atoms with E-state index in [-0.39, 0.29) is 12.2 Å². The van der Waals surface area contributed by atoms with Crippen molar-refractivity contribution in [1.29, 1.82) is 0 Å². The maximum atomic E-state index is 9.96. The van der Waals surface area contributed by atoms with Crippen LogP contribution >= 0.6 is 0 Å². The average molecular weight is 243 g/mol. The Kier molecular flexibility index (Phi) is 3.15. The predicted molar refractivity (Wildman–Crippen MR) is 70.6 cm³/mol. The predicted octanol–water partition coefficient (Wildman–Crippen LogP) is 2.92. The van der Waals surface area contributed by atoms with E-state index in [9.17, 15) is 5.11 Å². The third kappa shape index (κ3) is 2.18. The van der Waals surface area contributed by atoms with Crippen molar-refractivity contribution in [3.8, 4) is 5.75 Å². The van der Waals surface area contributed by atoms with Gasteiger partial charge in [-0.05, 0) is 43.5 Å². The molecule has 18 heavy (non-hydrogen) atoms. The first kappa shape index (κ1) is 11.5. The van der Waals surface area contributed by atoms with Gasteiger partial charge in [0, 0.05) is 11.6 Å². The molecule has 0 aliphatic heterocycles. The van der Waals surface area contributed by atoms with E-state index in [0.717, 1.165) is 42.3 Å². The van der Waals surface area contributed by atoms with Crippen LogP contribution in [0.1, 0.15) is 25.7 Å². The molecule has 94 valence electrons. The Hall–Kier alpha value is -1.61. The monoisotopic (exact) mass is 243 g/mol. The summed E-state index contributed by atoms with van der Waals surface area (Å²) in [6, 6.07) is 9.78. The highest BCUT2D eigenvalue weighted by Crippen LogP contribution is 2.28. The molecule has 0 bridgehead atoms. The second-order valence-electron chi connectivity index (χ2n) is 4.83. The summed E-state index contributed by atoms with van der Waals surface area (Å²) in [5, 5.41) is 11.0. The van der Waals surface area contributed by atoms with E-state index in [1.807, 2.05) is 30.3 Å². The van der Waals surface area contributed by atoms with Gasteiger partial charge in [0.15, 0.2) is 0 Å². The molecule has 1 heterocycles. The highest BCUT2D eigenvalue weighted by Gasteiger charge is 2.25. The maximum Gasteiger partial charge on any atom is 0.129 e. The molecule has 3 rings (SSSR count). The van der Waals surface area contributed by atoms with E-state index < -0.39 is 0 Å². The zero-order chi connectivity index (χ0) is 12.4. The minimum absolute atomic E-state index is 0.0791. The van der Waals surface area contributed by atoms with E-state index in [4.69, 9.17) is 4.74 Å². The Morgan fingerprint density at radius 3 is 2.89 bits per heavy atom. The Morgan fingerprint density at radius 1 is 1.11 bits per heavy atom. The number of aliphatic hydroxyl groups excluding tert-OH is 1. The van der Waals surface area contributed by atoms with Crippen LogP contribution in [-0.4, -0.2) is 22.3 Å². The van der Waals surface area contributed by atoms with Gasteiger partial charge in [0.05, 0.1) is 11.6 Å². The number of aliphatic hydroxyl groups is 1. The molecule has 2 aromatic rings. The molecule has 0 unspecified atom stereocenters. The molecule has 0 radical (unpaired) electrons. The van der Waals surface area contributed by atoms with Crippen molar-refractivity contribution in [2.45, 2.75) is 37.9 Å². The second-order valence-corrected chi connectivity index (χ2v) is 4.83. The van der Waals surface area contributed by atoms with Crippen molar-refractivity contribution in [1.82, 2.24) is 4.98 Å². The number of ether oxygens (including phenoxy) is 1. The standard InChI is InChI=1S/C15H17NO2/c17-13-7-1-2-8-15(13)18-14-9-3-6-12-11(14)5-4-10-16-12/h3-6,9-10,13,15,17H,1-2,7-8H2/t13-,15-/m1/s1. The number of hydrogen-bond donors (Lipinski definition) is 1. The Morgan fingerprint density at radius 2 is 2.00 bits per heavy atom. The van der Waals surface area contributed by atoms with Gasteiger partial charge in [-0.2, -0.15) is 0 Å². The highest BCUT2D eigenvalue weighted by molar-refractivity contribution is 5.84. The first-order valence-electron chi connectivity index (χ1n) is 6.53. The fourth-order valence-corrected chi connectivity index (χ4v) is 2.56. The molecule has 1 fully saturated rings. The van der Waals surface area contributed by atoms with Gasteiger partial charge in [-0.3, -0.25) is 4.98 Å². The quantitative estimate of drug-likeness (QED) is 0.881. The van der Waals surface area contributed by atoms with Gasteiger partial charge in [-0.25, -0.2) is 0 Å². The summed E-state index contributed by atoms with van der Waals surface area (Å²) >= 11 is 0. The van der Waals surface area contributed by atoms with E-state index in [1.54, 1.807) is 6.20 Å². The number of nitrogens with zero attached hydrogens (tertiary/aromatic N) is 1. The lowest BCUT2D eigenvalue weighted by molar-refractivity contribution is 0.00768. The largest absolute Gasteiger partial charge is 0.487 e. The molecule has 3 nitrogen and oxygen atoms in total. The van der Waals surface area contributed by atoms with E-state index in [0.29, 0.717) is 0 Å². The van der Waals surface area contributed by atoms with Gasteiger partial charge in [-0.15, -0.1) is 0 Å². The Bertz CT molecular complexity index is 536. The SMILES string of the molecule is O[C@@H]1CCCC[C@H]1Oc1cccc2ncccc12. The molecule has 1 aliphatic carbocycles. The molecular weight excluding hydrogens is 226 g/mol. The third-order valence-corrected chi connectivity index (χ3v) is 3.55. The van der Waals surface area contributed by atoms with Crippen LogP contribution in [0.5, 0.6) is 5.75 Å². The van der Waals surface area contributed by atoms with Gasteiger partial charge in [0.1, 0.15) is 11.9 Å². The molecule has 2 atom stereocenters. The summed E-state index contributed by atoms with van der Waals surface area (Å²) in [5.74, 6) is 0.826. The fraction of sp³-hybridized carbons (Fsp3) is 0.400. The number of pyridine rings is 1. The van der Waals surface area contributed by atoms with Crippen LogP contribution in [0.3, 0.4) is 0 Å². The lowest BCUT2D eigenvalue weighted by atomic mass is 9.95. The lowest BCUT2D eigenvalue weighted by Crippen LogP contribution is -2.34. The van der Waals surface area contributed by atoms with Crippen LogP contribution in [0.25, 0.3) is 10.9 Å². The Labute approximate surface area is 106 Å². The molecule has 1 saturated carbocycles. The number of benzene rings is 1. The van der Waals surface area contributed by atoms with Crippen LogP contribution in [0.2, 0.25) is 0 Å². The third-order valence-electron chi connectivity index (χ3n) is 3.55. The summed E-state index contributed by atoms with van der Waals surface area (Å²) in [5.41, 5.74) is 0.931. The maximum absolute atomic E-state index is 9.96. The van der Waals surface area contributed by atoms with Crippen LogP contribution < -0.4 is 4.74 Å². The average Bonchev–Trinajstić information content (AvgIpc) is 2.42. The number of hydrogen-bond acceptors (Lipinski definition) is 3. The zero-order valence-electron chi connectivity index (χ0n) is 10.2. The highest BCUT2D eigenvalue weighted by atomic mass is 16.5. The Balaban J connectivity index is 1.90. The van der Waals surface area contributed by atoms with Crippen molar-refractivity contribution in [2.75, 3.05) is 0 Å². The van der Waals surface area contributed by atoms with E-state index >= 15 is 0 Å². The summed E-state index contributed by atoms with van der Waals surface area (Å²) in [7, 11) is 0.